The smallest absolute Gasteiger partial charge is 0.293 e. The van der Waals surface area contributed by atoms with Crippen LogP contribution in [0.5, 0.6) is 0 Å². The number of nitrogens with zero attached hydrogens (tertiary/aromatic N) is 4. The van der Waals surface area contributed by atoms with Crippen molar-refractivity contribution in [3.8, 4) is 0 Å². The van der Waals surface area contributed by atoms with E-state index in [0.29, 0.717) is 32.0 Å². The van der Waals surface area contributed by atoms with Crippen molar-refractivity contribution in [2.24, 2.45) is 11.0 Å². The number of anilines is 1. The van der Waals surface area contributed by atoms with Gasteiger partial charge in [-0.05, 0) is 78.4 Å². The standard InChI is InChI=1S/C31H28F2N4O4/c32-24-9-4-20(5-10-24)18-22-2-1-3-26-29(22)34-36(30(26)21-6-11-25(33)12-7-21)31(38)23-8-13-27(28(19-23)37(39)40)35-14-16-41-17-15-35/h4-13,18-19,26,30H,1-3,14-17H2/b22-18-. The summed E-state index contributed by atoms with van der Waals surface area (Å²) in [5.74, 6) is -1.33. The summed E-state index contributed by atoms with van der Waals surface area (Å²) < 4.78 is 32.7. The van der Waals surface area contributed by atoms with Gasteiger partial charge in [0.2, 0.25) is 0 Å². The molecule has 210 valence electrons. The van der Waals surface area contributed by atoms with Crippen molar-refractivity contribution < 1.29 is 23.2 Å². The highest BCUT2D eigenvalue weighted by Gasteiger charge is 2.44. The van der Waals surface area contributed by atoms with Crippen LogP contribution in [0.3, 0.4) is 0 Å². The highest BCUT2D eigenvalue weighted by molar-refractivity contribution is 6.09. The molecule has 0 aromatic heterocycles. The van der Waals surface area contributed by atoms with Crippen LogP contribution < -0.4 is 4.90 Å². The number of nitro groups is 1. The molecule has 6 rings (SSSR count). The first-order valence-corrected chi connectivity index (χ1v) is 13.6. The summed E-state index contributed by atoms with van der Waals surface area (Å²) in [5, 5.41) is 18.3. The average molecular weight is 559 g/mol. The third kappa shape index (κ3) is 5.35. The molecule has 2 aliphatic heterocycles. The van der Waals surface area contributed by atoms with Gasteiger partial charge < -0.3 is 9.64 Å². The number of hydrazone groups is 1. The van der Waals surface area contributed by atoms with E-state index in [-0.39, 0.29) is 28.8 Å². The lowest BCUT2D eigenvalue weighted by atomic mass is 9.77. The van der Waals surface area contributed by atoms with Gasteiger partial charge in [-0.25, -0.2) is 13.8 Å². The van der Waals surface area contributed by atoms with E-state index < -0.39 is 16.9 Å². The molecule has 3 aliphatic rings. The number of fused-ring (bicyclic) bond motifs is 1. The van der Waals surface area contributed by atoms with Crippen molar-refractivity contribution in [2.75, 3.05) is 31.2 Å². The number of hydrogen-bond acceptors (Lipinski definition) is 6. The third-order valence-electron chi connectivity index (χ3n) is 7.90. The normalized spacial score (nSPS) is 21.5. The molecule has 41 heavy (non-hydrogen) atoms. The van der Waals surface area contributed by atoms with Crippen molar-refractivity contribution in [3.63, 3.8) is 0 Å². The fraction of sp³-hybridized carbons (Fsp3) is 0.290. The number of benzene rings is 3. The average Bonchev–Trinajstić information content (AvgIpc) is 3.39. The lowest BCUT2D eigenvalue weighted by molar-refractivity contribution is -0.384. The largest absolute Gasteiger partial charge is 0.378 e. The van der Waals surface area contributed by atoms with E-state index in [4.69, 9.17) is 9.84 Å². The van der Waals surface area contributed by atoms with Crippen molar-refractivity contribution >= 4 is 29.1 Å². The molecular weight excluding hydrogens is 530 g/mol. The Hall–Kier alpha value is -4.44. The van der Waals surface area contributed by atoms with E-state index >= 15 is 0 Å². The maximum absolute atomic E-state index is 14.0. The summed E-state index contributed by atoms with van der Waals surface area (Å²) in [6, 6.07) is 16.2. The number of halogens is 2. The van der Waals surface area contributed by atoms with Gasteiger partial charge in [-0.2, -0.15) is 5.10 Å². The van der Waals surface area contributed by atoms with Crippen LogP contribution in [0.1, 0.15) is 46.8 Å². The number of hydrogen-bond donors (Lipinski definition) is 0. The zero-order valence-electron chi connectivity index (χ0n) is 22.2. The van der Waals surface area contributed by atoms with Crippen LogP contribution in [0.25, 0.3) is 6.08 Å². The minimum absolute atomic E-state index is 0.146. The second-order valence-corrected chi connectivity index (χ2v) is 10.4. The summed E-state index contributed by atoms with van der Waals surface area (Å²) in [6.45, 7) is 1.98. The molecule has 0 N–H and O–H groups in total. The van der Waals surface area contributed by atoms with Crippen LogP contribution in [0.4, 0.5) is 20.2 Å². The monoisotopic (exact) mass is 558 g/mol. The number of amides is 1. The minimum Gasteiger partial charge on any atom is -0.378 e. The van der Waals surface area contributed by atoms with Crippen molar-refractivity contribution in [1.29, 1.82) is 0 Å². The molecule has 0 bridgehead atoms. The molecule has 10 heteroatoms. The lowest BCUT2D eigenvalue weighted by Gasteiger charge is -2.30. The molecule has 2 fully saturated rings. The Morgan fingerprint density at radius 3 is 2.37 bits per heavy atom. The Labute approximate surface area is 235 Å². The molecule has 2 unspecified atom stereocenters. The quantitative estimate of drug-likeness (QED) is 0.277. The Kier molecular flexibility index (Phi) is 7.32. The molecule has 1 amide bonds. The van der Waals surface area contributed by atoms with E-state index in [1.54, 1.807) is 36.4 Å². The summed E-state index contributed by atoms with van der Waals surface area (Å²) in [4.78, 5) is 27.5. The highest BCUT2D eigenvalue weighted by atomic mass is 19.1. The van der Waals surface area contributed by atoms with E-state index in [9.17, 15) is 23.7 Å². The van der Waals surface area contributed by atoms with Crippen molar-refractivity contribution in [2.45, 2.75) is 25.3 Å². The Bertz CT molecular complexity index is 1530. The molecule has 1 aliphatic carbocycles. The van der Waals surface area contributed by atoms with Gasteiger partial charge in [-0.15, -0.1) is 0 Å². The first kappa shape index (κ1) is 26.8. The molecule has 2 heterocycles. The summed E-state index contributed by atoms with van der Waals surface area (Å²) in [5.41, 5.74) is 3.68. The van der Waals surface area contributed by atoms with Crippen molar-refractivity contribution in [3.05, 3.63) is 111 Å². The second-order valence-electron chi connectivity index (χ2n) is 10.4. The Morgan fingerprint density at radius 1 is 1.00 bits per heavy atom. The predicted octanol–water partition coefficient (Wildman–Crippen LogP) is 6.15. The topological polar surface area (TPSA) is 88.3 Å². The first-order chi connectivity index (χ1) is 19.9. The number of carbonyl (C=O) groups is 1. The summed E-state index contributed by atoms with van der Waals surface area (Å²) in [6.07, 6.45) is 4.32. The predicted molar refractivity (Wildman–Crippen MR) is 151 cm³/mol. The van der Waals surface area contributed by atoms with Gasteiger partial charge in [0.15, 0.2) is 0 Å². The van der Waals surface area contributed by atoms with Crippen molar-refractivity contribution in [1.82, 2.24) is 5.01 Å². The maximum Gasteiger partial charge on any atom is 0.293 e. The fourth-order valence-electron chi connectivity index (χ4n) is 5.93. The van der Waals surface area contributed by atoms with Crippen LogP contribution in [-0.4, -0.2) is 47.9 Å². The van der Waals surface area contributed by atoms with Gasteiger partial charge in [0, 0.05) is 30.6 Å². The second kappa shape index (κ2) is 11.2. The van der Waals surface area contributed by atoms with Crippen LogP contribution in [-0.2, 0) is 4.74 Å². The van der Waals surface area contributed by atoms with Gasteiger partial charge >= 0.3 is 0 Å². The number of nitro benzene ring substituents is 1. The zero-order valence-corrected chi connectivity index (χ0v) is 22.2. The molecule has 1 saturated carbocycles. The van der Waals surface area contributed by atoms with Crippen LogP contribution in [0, 0.1) is 27.7 Å². The SMILES string of the molecule is O=C(c1ccc(N2CCOCC2)c([N+](=O)[O-])c1)N1N=C2/C(=C\c3ccc(F)cc3)CCCC2C1c1ccc(F)cc1. The van der Waals surface area contributed by atoms with Gasteiger partial charge in [0.05, 0.1) is 29.9 Å². The molecular formula is C31H28F2N4O4. The fourth-order valence-corrected chi connectivity index (χ4v) is 5.93. The molecule has 3 aromatic rings. The molecule has 3 aromatic carbocycles. The molecule has 0 spiro atoms. The van der Waals surface area contributed by atoms with Gasteiger partial charge in [-0.3, -0.25) is 14.9 Å². The molecule has 2 atom stereocenters. The van der Waals surface area contributed by atoms with E-state index in [1.165, 1.54) is 35.3 Å². The number of morpholine rings is 1. The Balaban J connectivity index is 1.40. The van der Waals surface area contributed by atoms with Crippen LogP contribution >= 0.6 is 0 Å². The van der Waals surface area contributed by atoms with E-state index in [0.717, 1.165) is 41.7 Å². The summed E-state index contributed by atoms with van der Waals surface area (Å²) in [7, 11) is 0. The number of ether oxygens (including phenoxy) is 1. The first-order valence-electron chi connectivity index (χ1n) is 13.6. The molecule has 1 saturated heterocycles. The number of allylic oxidation sites excluding steroid dienone is 1. The van der Waals surface area contributed by atoms with Gasteiger partial charge in [0.25, 0.3) is 11.6 Å². The zero-order chi connectivity index (χ0) is 28.5. The minimum atomic E-state index is -0.506. The maximum atomic E-state index is 14.0. The molecule has 8 nitrogen and oxygen atoms in total. The van der Waals surface area contributed by atoms with Crippen LogP contribution in [0.2, 0.25) is 0 Å². The Morgan fingerprint density at radius 2 is 1.68 bits per heavy atom. The number of carbonyl (C=O) groups excluding carboxylic acids is 1. The lowest BCUT2D eigenvalue weighted by Crippen LogP contribution is -2.36. The van der Waals surface area contributed by atoms with Gasteiger partial charge in [0.1, 0.15) is 17.3 Å². The summed E-state index contributed by atoms with van der Waals surface area (Å²) >= 11 is 0. The van der Waals surface area contributed by atoms with E-state index in [2.05, 4.69) is 0 Å². The van der Waals surface area contributed by atoms with Gasteiger partial charge in [-0.1, -0.05) is 24.3 Å². The van der Waals surface area contributed by atoms with Crippen LogP contribution in [0.15, 0.2) is 77.4 Å². The number of rotatable bonds is 5. The van der Waals surface area contributed by atoms with E-state index in [1.807, 2.05) is 11.0 Å². The molecule has 0 radical (unpaired) electrons. The highest BCUT2D eigenvalue weighted by Crippen LogP contribution is 2.45. The third-order valence-corrected chi connectivity index (χ3v) is 7.90.